The van der Waals surface area contributed by atoms with Crippen molar-refractivity contribution in [2.24, 2.45) is 10.7 Å². The number of aliphatic imine (C=N–C) groups is 1. The van der Waals surface area contributed by atoms with Gasteiger partial charge in [0.05, 0.1) is 12.8 Å². The number of ether oxygens (including phenoxy) is 1. The van der Waals surface area contributed by atoms with E-state index in [1.54, 1.807) is 24.3 Å². The van der Waals surface area contributed by atoms with Gasteiger partial charge in [0.25, 0.3) is 0 Å². The van der Waals surface area contributed by atoms with E-state index in [-0.39, 0.29) is 0 Å². The fraction of sp³-hybridized carbons (Fsp3) is 0.562. The van der Waals surface area contributed by atoms with Crippen molar-refractivity contribution in [2.45, 2.75) is 38.1 Å². The zero-order valence-electron chi connectivity index (χ0n) is 14.0. The molecule has 24 heavy (non-hydrogen) atoms. The number of benzene rings is 1. The van der Waals surface area contributed by atoms with Gasteiger partial charge >= 0.3 is 0 Å². The highest BCUT2D eigenvalue weighted by atomic mass is 32.2. The third-order valence-corrected chi connectivity index (χ3v) is 4.36. The van der Waals surface area contributed by atoms with Gasteiger partial charge in [0.1, 0.15) is 12.4 Å². The molecule has 0 spiro atoms. The lowest BCUT2D eigenvalue weighted by Crippen LogP contribution is -2.41. The molecular weight excluding hydrogens is 328 g/mol. The lowest BCUT2D eigenvalue weighted by atomic mass is 9.96. The number of guanidine groups is 1. The summed E-state index contributed by atoms with van der Waals surface area (Å²) in [4.78, 5) is 4.27. The van der Waals surface area contributed by atoms with Crippen LogP contribution in [-0.2, 0) is 10.0 Å². The highest BCUT2D eigenvalue weighted by Gasteiger charge is 2.13. The Labute approximate surface area is 143 Å². The second-order valence-electron chi connectivity index (χ2n) is 5.99. The van der Waals surface area contributed by atoms with Crippen LogP contribution >= 0.6 is 0 Å². The molecule has 8 heteroatoms. The lowest BCUT2D eigenvalue weighted by Gasteiger charge is -2.23. The Kier molecular flexibility index (Phi) is 6.72. The average Bonchev–Trinajstić information content (AvgIpc) is 2.53. The molecule has 1 aromatic rings. The molecule has 1 aliphatic rings. The minimum Gasteiger partial charge on any atom is -0.492 e. The van der Waals surface area contributed by atoms with E-state index in [0.29, 0.717) is 36.6 Å². The molecule has 0 saturated heterocycles. The normalized spacial score (nSPS) is 16.6. The molecule has 0 atom stereocenters. The Morgan fingerprint density at radius 1 is 1.25 bits per heavy atom. The van der Waals surface area contributed by atoms with Crippen LogP contribution in [0.15, 0.2) is 29.3 Å². The van der Waals surface area contributed by atoms with E-state index >= 15 is 0 Å². The van der Waals surface area contributed by atoms with E-state index in [1.165, 1.54) is 19.3 Å². The molecular formula is C16H26N4O3S. The van der Waals surface area contributed by atoms with Crippen molar-refractivity contribution < 1.29 is 13.2 Å². The molecule has 7 nitrogen and oxygen atoms in total. The van der Waals surface area contributed by atoms with Gasteiger partial charge in [0, 0.05) is 11.7 Å². The number of nitrogens with two attached hydrogens (primary N) is 1. The molecule has 1 saturated carbocycles. The summed E-state index contributed by atoms with van der Waals surface area (Å²) in [6.07, 6.45) is 7.22. The monoisotopic (exact) mass is 354 g/mol. The van der Waals surface area contributed by atoms with Crippen LogP contribution in [0.2, 0.25) is 0 Å². The van der Waals surface area contributed by atoms with Crippen molar-refractivity contribution >= 4 is 21.7 Å². The average molecular weight is 354 g/mol. The fourth-order valence-corrected chi connectivity index (χ4v) is 3.23. The van der Waals surface area contributed by atoms with Crippen molar-refractivity contribution in [3.63, 3.8) is 0 Å². The quantitative estimate of drug-likeness (QED) is 0.392. The molecule has 0 radical (unpaired) electrons. The number of hydrogen-bond donors (Lipinski definition) is 3. The van der Waals surface area contributed by atoms with E-state index in [4.69, 9.17) is 10.5 Å². The van der Waals surface area contributed by atoms with Gasteiger partial charge in [-0.05, 0) is 37.1 Å². The summed E-state index contributed by atoms with van der Waals surface area (Å²) in [5, 5.41) is 3.25. The van der Waals surface area contributed by atoms with E-state index in [9.17, 15) is 8.42 Å². The summed E-state index contributed by atoms with van der Waals surface area (Å²) in [5.41, 5.74) is 6.38. The highest BCUT2D eigenvalue weighted by Crippen LogP contribution is 2.17. The first-order valence-corrected chi connectivity index (χ1v) is 10.1. The Balaban J connectivity index is 1.70. The molecule has 1 fully saturated rings. The zero-order chi connectivity index (χ0) is 17.4. The topological polar surface area (TPSA) is 106 Å². The first-order valence-electron chi connectivity index (χ1n) is 8.19. The second kappa shape index (κ2) is 8.77. The van der Waals surface area contributed by atoms with Crippen LogP contribution in [0.4, 0.5) is 5.69 Å². The van der Waals surface area contributed by atoms with Gasteiger partial charge in [-0.15, -0.1) is 0 Å². The van der Waals surface area contributed by atoms with Crippen molar-refractivity contribution in [3.05, 3.63) is 24.3 Å². The van der Waals surface area contributed by atoms with Gasteiger partial charge in [-0.3, -0.25) is 4.72 Å². The van der Waals surface area contributed by atoms with E-state index in [2.05, 4.69) is 15.0 Å². The van der Waals surface area contributed by atoms with Crippen molar-refractivity contribution in [3.8, 4) is 5.75 Å². The summed E-state index contributed by atoms with van der Waals surface area (Å²) >= 11 is 0. The van der Waals surface area contributed by atoms with Crippen LogP contribution in [0.5, 0.6) is 5.75 Å². The molecule has 2 rings (SSSR count). The predicted octanol–water partition coefficient (Wildman–Crippen LogP) is 1.67. The Morgan fingerprint density at radius 2 is 1.92 bits per heavy atom. The van der Waals surface area contributed by atoms with Crippen LogP contribution in [0.1, 0.15) is 32.1 Å². The van der Waals surface area contributed by atoms with Crippen LogP contribution in [0.25, 0.3) is 0 Å². The molecule has 1 aromatic carbocycles. The summed E-state index contributed by atoms with van der Waals surface area (Å²) in [5.74, 6) is 1.13. The molecule has 0 unspecified atom stereocenters. The van der Waals surface area contributed by atoms with Crippen molar-refractivity contribution in [2.75, 3.05) is 24.1 Å². The molecule has 1 aliphatic carbocycles. The fourth-order valence-electron chi connectivity index (χ4n) is 2.66. The molecule has 0 heterocycles. The standard InChI is InChI=1S/C16H26N4O3S/c1-24(21,22)20-14-7-9-15(10-8-14)23-12-11-18-16(17)19-13-5-3-2-4-6-13/h7-10,13,20H,2-6,11-12H2,1H3,(H3,17,18,19). The summed E-state index contributed by atoms with van der Waals surface area (Å²) < 4.78 is 30.2. The first kappa shape index (κ1) is 18.4. The largest absolute Gasteiger partial charge is 0.492 e. The number of nitrogens with one attached hydrogen (secondary N) is 2. The molecule has 0 amide bonds. The number of sulfonamides is 1. The van der Waals surface area contributed by atoms with E-state index in [1.807, 2.05) is 0 Å². The number of anilines is 1. The highest BCUT2D eigenvalue weighted by molar-refractivity contribution is 7.92. The van der Waals surface area contributed by atoms with E-state index in [0.717, 1.165) is 19.1 Å². The maximum atomic E-state index is 11.1. The first-order chi connectivity index (χ1) is 11.4. The van der Waals surface area contributed by atoms with Gasteiger partial charge in [-0.2, -0.15) is 0 Å². The lowest BCUT2D eigenvalue weighted by molar-refractivity contribution is 0.328. The van der Waals surface area contributed by atoms with Crippen molar-refractivity contribution in [1.29, 1.82) is 0 Å². The van der Waals surface area contributed by atoms with Gasteiger partial charge in [-0.25, -0.2) is 13.4 Å². The third-order valence-electron chi connectivity index (χ3n) is 3.76. The summed E-state index contributed by atoms with van der Waals surface area (Å²) in [6, 6.07) is 7.16. The molecule has 0 aliphatic heterocycles. The minimum atomic E-state index is -3.26. The van der Waals surface area contributed by atoms with Gasteiger partial charge in [0.2, 0.25) is 10.0 Å². The summed E-state index contributed by atoms with van der Waals surface area (Å²) in [6.45, 7) is 0.876. The van der Waals surface area contributed by atoms with Crippen molar-refractivity contribution in [1.82, 2.24) is 5.32 Å². The van der Waals surface area contributed by atoms with Crippen LogP contribution < -0.4 is 20.5 Å². The molecule has 0 bridgehead atoms. The Morgan fingerprint density at radius 3 is 2.54 bits per heavy atom. The van der Waals surface area contributed by atoms with E-state index < -0.39 is 10.0 Å². The second-order valence-corrected chi connectivity index (χ2v) is 7.74. The van der Waals surface area contributed by atoms with Crippen LogP contribution in [0, 0.1) is 0 Å². The van der Waals surface area contributed by atoms with Crippen LogP contribution in [0.3, 0.4) is 0 Å². The molecule has 4 N–H and O–H groups in total. The minimum absolute atomic E-state index is 0.409. The molecule has 0 aromatic heterocycles. The third kappa shape index (κ3) is 7.08. The number of rotatable bonds is 7. The Hall–Kier alpha value is -1.96. The van der Waals surface area contributed by atoms with Crippen LogP contribution in [-0.4, -0.2) is 39.8 Å². The number of nitrogens with zero attached hydrogens (tertiary/aromatic N) is 1. The summed E-state index contributed by atoms with van der Waals surface area (Å²) in [7, 11) is -3.26. The maximum Gasteiger partial charge on any atom is 0.229 e. The number of hydrogen-bond acceptors (Lipinski definition) is 4. The molecule has 134 valence electrons. The predicted molar refractivity (Wildman–Crippen MR) is 96.9 cm³/mol. The van der Waals surface area contributed by atoms with Gasteiger partial charge in [0.15, 0.2) is 5.96 Å². The smallest absolute Gasteiger partial charge is 0.229 e. The maximum absolute atomic E-state index is 11.1. The Bertz CT molecular complexity index is 638. The van der Waals surface area contributed by atoms with Gasteiger partial charge < -0.3 is 15.8 Å². The van der Waals surface area contributed by atoms with Gasteiger partial charge in [-0.1, -0.05) is 19.3 Å². The SMILES string of the molecule is CS(=O)(=O)Nc1ccc(OCCN=C(N)NC2CCCCC2)cc1. The zero-order valence-corrected chi connectivity index (χ0v) is 14.8.